The molecule has 0 radical (unpaired) electrons. The second-order valence-electron chi connectivity index (χ2n) is 5.03. The average molecular weight is 276 g/mol. The Morgan fingerprint density at radius 1 is 1.35 bits per heavy atom. The monoisotopic (exact) mass is 276 g/mol. The molecule has 1 aliphatic rings. The fourth-order valence-corrected chi connectivity index (χ4v) is 2.38. The van der Waals surface area contributed by atoms with Gasteiger partial charge in [0.2, 0.25) is 0 Å². The Morgan fingerprint density at radius 2 is 2.15 bits per heavy atom. The molecule has 0 aliphatic carbocycles. The topological polar surface area (TPSA) is 62.9 Å². The van der Waals surface area contributed by atoms with E-state index in [4.69, 9.17) is 10.5 Å². The molecule has 0 saturated carbocycles. The van der Waals surface area contributed by atoms with Crippen LogP contribution in [0.1, 0.15) is 19.3 Å². The molecule has 1 heterocycles. The van der Waals surface area contributed by atoms with Crippen molar-refractivity contribution in [2.24, 2.45) is 10.7 Å². The highest BCUT2D eigenvalue weighted by Crippen LogP contribution is 2.16. The van der Waals surface area contributed by atoms with Crippen LogP contribution in [0.5, 0.6) is 5.75 Å². The number of anilines is 1. The number of nitrogens with two attached hydrogens (primary N) is 1. The highest BCUT2D eigenvalue weighted by Gasteiger charge is 2.08. The zero-order valence-corrected chi connectivity index (χ0v) is 12.1. The van der Waals surface area contributed by atoms with Crippen LogP contribution in [0.25, 0.3) is 0 Å². The standard InChI is InChI=1S/C15H24N4O/c1-20-14-7-5-6-13(12-14)18-15(16)17-8-11-19-9-3-2-4-10-19/h5-7,12H,2-4,8-11H2,1H3,(H3,16,17,18). The van der Waals surface area contributed by atoms with Crippen molar-refractivity contribution in [3.63, 3.8) is 0 Å². The van der Waals surface area contributed by atoms with E-state index in [1.165, 1.54) is 32.4 Å². The summed E-state index contributed by atoms with van der Waals surface area (Å²) in [6.07, 6.45) is 3.97. The summed E-state index contributed by atoms with van der Waals surface area (Å²) in [5, 5.41) is 3.08. The van der Waals surface area contributed by atoms with E-state index in [0.717, 1.165) is 24.5 Å². The van der Waals surface area contributed by atoms with Crippen molar-refractivity contribution in [3.8, 4) is 5.75 Å². The molecule has 0 amide bonds. The summed E-state index contributed by atoms with van der Waals surface area (Å²) < 4.78 is 5.17. The third-order valence-corrected chi connectivity index (χ3v) is 3.49. The van der Waals surface area contributed by atoms with Crippen molar-refractivity contribution in [2.75, 3.05) is 38.6 Å². The van der Waals surface area contributed by atoms with Crippen LogP contribution in [0.2, 0.25) is 0 Å². The van der Waals surface area contributed by atoms with Gasteiger partial charge in [0.25, 0.3) is 0 Å². The smallest absolute Gasteiger partial charge is 0.193 e. The molecule has 2 rings (SSSR count). The van der Waals surface area contributed by atoms with E-state index in [2.05, 4.69) is 15.2 Å². The maximum Gasteiger partial charge on any atom is 0.193 e. The average Bonchev–Trinajstić information content (AvgIpc) is 2.48. The van der Waals surface area contributed by atoms with Crippen molar-refractivity contribution < 1.29 is 4.74 Å². The van der Waals surface area contributed by atoms with Gasteiger partial charge >= 0.3 is 0 Å². The molecule has 1 aliphatic heterocycles. The van der Waals surface area contributed by atoms with Crippen LogP contribution >= 0.6 is 0 Å². The molecule has 1 aromatic rings. The van der Waals surface area contributed by atoms with Gasteiger partial charge in [0.1, 0.15) is 5.75 Å². The Labute approximate surface area is 120 Å². The van der Waals surface area contributed by atoms with E-state index in [0.29, 0.717) is 5.96 Å². The van der Waals surface area contributed by atoms with Gasteiger partial charge in [0.15, 0.2) is 5.96 Å². The first-order chi connectivity index (χ1) is 9.78. The van der Waals surface area contributed by atoms with Crippen LogP contribution in [0.3, 0.4) is 0 Å². The summed E-state index contributed by atoms with van der Waals surface area (Å²) in [5.41, 5.74) is 6.78. The van der Waals surface area contributed by atoms with Crippen LogP contribution in [-0.4, -0.2) is 44.1 Å². The Balaban J connectivity index is 1.77. The third kappa shape index (κ3) is 4.74. The number of ether oxygens (including phenoxy) is 1. The van der Waals surface area contributed by atoms with Crippen molar-refractivity contribution in [1.82, 2.24) is 4.90 Å². The van der Waals surface area contributed by atoms with Crippen molar-refractivity contribution in [3.05, 3.63) is 24.3 Å². The van der Waals surface area contributed by atoms with Gasteiger partial charge in [0.05, 0.1) is 13.7 Å². The molecule has 1 saturated heterocycles. The number of likely N-dealkylation sites (tertiary alicyclic amines) is 1. The fraction of sp³-hybridized carbons (Fsp3) is 0.533. The number of benzene rings is 1. The Morgan fingerprint density at radius 3 is 2.90 bits per heavy atom. The number of piperidine rings is 1. The van der Waals surface area contributed by atoms with Gasteiger partial charge in [-0.3, -0.25) is 4.99 Å². The predicted molar refractivity (Wildman–Crippen MR) is 83.4 cm³/mol. The van der Waals surface area contributed by atoms with Crippen LogP contribution in [0, 0.1) is 0 Å². The first-order valence-electron chi connectivity index (χ1n) is 7.21. The van der Waals surface area contributed by atoms with Gasteiger partial charge in [-0.25, -0.2) is 0 Å². The van der Waals surface area contributed by atoms with Crippen LogP contribution in [0.15, 0.2) is 29.3 Å². The van der Waals surface area contributed by atoms with Crippen LogP contribution < -0.4 is 15.8 Å². The molecule has 1 fully saturated rings. The van der Waals surface area contributed by atoms with Crippen LogP contribution in [-0.2, 0) is 0 Å². The number of nitrogens with zero attached hydrogens (tertiary/aromatic N) is 2. The van der Waals surface area contributed by atoms with Crippen molar-refractivity contribution in [2.45, 2.75) is 19.3 Å². The third-order valence-electron chi connectivity index (χ3n) is 3.49. The SMILES string of the molecule is COc1cccc(NC(N)=NCCN2CCCCC2)c1. The maximum atomic E-state index is 5.89. The first kappa shape index (κ1) is 14.7. The van der Waals surface area contributed by atoms with E-state index in [1.54, 1.807) is 7.11 Å². The van der Waals surface area contributed by atoms with E-state index in [9.17, 15) is 0 Å². The number of aliphatic imine (C=N–C) groups is 1. The van der Waals surface area contributed by atoms with Gasteiger partial charge in [-0.1, -0.05) is 12.5 Å². The lowest BCUT2D eigenvalue weighted by molar-refractivity contribution is 0.235. The minimum Gasteiger partial charge on any atom is -0.497 e. The van der Waals surface area contributed by atoms with Gasteiger partial charge in [-0.05, 0) is 38.1 Å². The summed E-state index contributed by atoms with van der Waals surface area (Å²) in [6.45, 7) is 4.11. The lowest BCUT2D eigenvalue weighted by Gasteiger charge is -2.25. The molecule has 5 heteroatoms. The normalized spacial score (nSPS) is 16.9. The molecule has 20 heavy (non-hydrogen) atoms. The lowest BCUT2D eigenvalue weighted by Crippen LogP contribution is -2.32. The molecule has 0 unspecified atom stereocenters. The largest absolute Gasteiger partial charge is 0.497 e. The predicted octanol–water partition coefficient (Wildman–Crippen LogP) is 1.91. The van der Waals surface area contributed by atoms with Gasteiger partial charge in [-0.2, -0.15) is 0 Å². The van der Waals surface area contributed by atoms with Gasteiger partial charge < -0.3 is 20.7 Å². The quantitative estimate of drug-likeness (QED) is 0.637. The zero-order chi connectivity index (χ0) is 14.2. The minimum absolute atomic E-state index is 0.454. The number of hydrogen-bond donors (Lipinski definition) is 2. The summed E-state index contributed by atoms with van der Waals surface area (Å²) >= 11 is 0. The number of guanidine groups is 1. The molecule has 110 valence electrons. The maximum absolute atomic E-state index is 5.89. The fourth-order valence-electron chi connectivity index (χ4n) is 2.38. The number of hydrogen-bond acceptors (Lipinski definition) is 3. The number of rotatable bonds is 5. The van der Waals surface area contributed by atoms with Gasteiger partial charge in [-0.15, -0.1) is 0 Å². The molecular weight excluding hydrogens is 252 g/mol. The van der Waals surface area contributed by atoms with Crippen molar-refractivity contribution >= 4 is 11.6 Å². The molecule has 1 aromatic carbocycles. The molecular formula is C15H24N4O. The van der Waals surface area contributed by atoms with Crippen molar-refractivity contribution in [1.29, 1.82) is 0 Å². The molecule has 0 bridgehead atoms. The molecule has 0 aromatic heterocycles. The first-order valence-corrected chi connectivity index (χ1v) is 7.21. The van der Waals surface area contributed by atoms with E-state index in [1.807, 2.05) is 24.3 Å². The molecule has 0 spiro atoms. The molecule has 5 nitrogen and oxygen atoms in total. The van der Waals surface area contributed by atoms with Crippen LogP contribution in [0.4, 0.5) is 5.69 Å². The molecule has 0 atom stereocenters. The second kappa shape index (κ2) is 7.75. The lowest BCUT2D eigenvalue weighted by atomic mass is 10.1. The van der Waals surface area contributed by atoms with Gasteiger partial charge in [0, 0.05) is 18.3 Å². The second-order valence-corrected chi connectivity index (χ2v) is 5.03. The zero-order valence-electron chi connectivity index (χ0n) is 12.1. The van der Waals surface area contributed by atoms with E-state index < -0.39 is 0 Å². The number of methoxy groups -OCH3 is 1. The summed E-state index contributed by atoms with van der Waals surface area (Å²) in [6, 6.07) is 7.65. The Hall–Kier alpha value is -1.75. The Bertz CT molecular complexity index is 441. The highest BCUT2D eigenvalue weighted by molar-refractivity contribution is 5.92. The summed E-state index contributed by atoms with van der Waals surface area (Å²) in [7, 11) is 1.65. The summed E-state index contributed by atoms with van der Waals surface area (Å²) in [5.74, 6) is 1.26. The highest BCUT2D eigenvalue weighted by atomic mass is 16.5. The Kier molecular flexibility index (Phi) is 5.68. The van der Waals surface area contributed by atoms with E-state index in [-0.39, 0.29) is 0 Å². The summed E-state index contributed by atoms with van der Waals surface area (Å²) in [4.78, 5) is 6.82. The molecule has 3 N–H and O–H groups in total. The number of nitrogens with one attached hydrogen (secondary N) is 1. The van der Waals surface area contributed by atoms with E-state index >= 15 is 0 Å². The minimum atomic E-state index is 0.454.